The number of ether oxygens (including phenoxy) is 1. The Hall–Kier alpha value is -3.69. The molecule has 1 aromatic carbocycles. The maximum Gasteiger partial charge on any atom is 0.490 e. The largest absolute Gasteiger partial charge is 0.495 e. The number of aromatic nitrogens is 3. The SMILES string of the molecule is CNS(=O)(=O)c1ccc(OC)c(Nc2cc(Nc3ccc(Cl)cn3)ncn2)c1.O=C(O)C(F)(F)F. The number of anilines is 4. The molecule has 2 heterocycles. The third-order valence-corrected chi connectivity index (χ3v) is 5.54. The number of benzene rings is 1. The number of pyridine rings is 1. The monoisotopic (exact) mass is 534 g/mol. The minimum Gasteiger partial charge on any atom is -0.495 e. The van der Waals surface area contributed by atoms with Gasteiger partial charge in [-0.2, -0.15) is 13.2 Å². The maximum absolute atomic E-state index is 12.1. The van der Waals surface area contributed by atoms with Crippen LogP contribution < -0.4 is 20.1 Å². The summed E-state index contributed by atoms with van der Waals surface area (Å²) in [5.41, 5.74) is 0.438. The molecule has 4 N–H and O–H groups in total. The van der Waals surface area contributed by atoms with Crippen LogP contribution in [0.1, 0.15) is 0 Å². The van der Waals surface area contributed by atoms with E-state index in [-0.39, 0.29) is 4.90 Å². The molecule has 2 aromatic heterocycles. The average molecular weight is 535 g/mol. The second-order valence-corrected chi connectivity index (χ2v) is 8.60. The van der Waals surface area contributed by atoms with Crippen molar-refractivity contribution in [2.75, 3.05) is 24.8 Å². The molecule has 0 aliphatic heterocycles. The van der Waals surface area contributed by atoms with Crippen molar-refractivity contribution in [2.45, 2.75) is 11.1 Å². The summed E-state index contributed by atoms with van der Waals surface area (Å²) in [5.74, 6) is -0.808. The van der Waals surface area contributed by atoms with Gasteiger partial charge in [-0.1, -0.05) is 11.6 Å². The number of nitrogens with one attached hydrogen (secondary N) is 3. The van der Waals surface area contributed by atoms with Gasteiger partial charge in [-0.3, -0.25) is 0 Å². The van der Waals surface area contributed by atoms with Gasteiger partial charge in [0, 0.05) is 12.3 Å². The fourth-order valence-electron chi connectivity index (χ4n) is 2.28. The van der Waals surface area contributed by atoms with Crippen molar-refractivity contribution in [1.29, 1.82) is 0 Å². The van der Waals surface area contributed by atoms with Crippen LogP contribution in [-0.2, 0) is 14.8 Å². The summed E-state index contributed by atoms with van der Waals surface area (Å²) in [4.78, 5) is 21.4. The number of alkyl halides is 3. The summed E-state index contributed by atoms with van der Waals surface area (Å²) < 4.78 is 63.4. The van der Waals surface area contributed by atoms with Gasteiger partial charge >= 0.3 is 12.1 Å². The van der Waals surface area contributed by atoms with Crippen molar-refractivity contribution in [1.82, 2.24) is 19.7 Å². The van der Waals surface area contributed by atoms with Gasteiger partial charge in [-0.05, 0) is 37.4 Å². The number of carboxylic acids is 1. The van der Waals surface area contributed by atoms with Crippen LogP contribution in [0.15, 0.2) is 53.8 Å². The zero-order valence-electron chi connectivity index (χ0n) is 18.0. The first kappa shape index (κ1) is 27.6. The summed E-state index contributed by atoms with van der Waals surface area (Å²) in [6.07, 6.45) is -2.20. The number of halogens is 4. The lowest BCUT2D eigenvalue weighted by atomic mass is 10.3. The zero-order valence-corrected chi connectivity index (χ0v) is 19.5. The number of hydrogen-bond donors (Lipinski definition) is 4. The van der Waals surface area contributed by atoms with Crippen LogP contribution >= 0.6 is 11.6 Å². The first-order chi connectivity index (χ1) is 16.4. The number of aliphatic carboxylic acids is 1. The van der Waals surface area contributed by atoms with Crippen molar-refractivity contribution < 1.29 is 36.2 Å². The van der Waals surface area contributed by atoms with Crippen molar-refractivity contribution in [3.63, 3.8) is 0 Å². The van der Waals surface area contributed by atoms with Crippen LogP contribution in [0.4, 0.5) is 36.3 Å². The third kappa shape index (κ3) is 8.24. The summed E-state index contributed by atoms with van der Waals surface area (Å²) in [5, 5.41) is 13.7. The van der Waals surface area contributed by atoms with E-state index < -0.39 is 22.2 Å². The van der Waals surface area contributed by atoms with Crippen LogP contribution in [0.5, 0.6) is 5.75 Å². The third-order valence-electron chi connectivity index (χ3n) is 3.91. The van der Waals surface area contributed by atoms with Gasteiger partial charge in [0.1, 0.15) is 29.5 Å². The molecule has 3 aromatic rings. The van der Waals surface area contributed by atoms with Gasteiger partial charge in [-0.15, -0.1) is 0 Å². The van der Waals surface area contributed by atoms with Gasteiger partial charge in [0.25, 0.3) is 0 Å². The molecule has 0 saturated heterocycles. The topological polar surface area (TPSA) is 155 Å². The fourth-order valence-corrected chi connectivity index (χ4v) is 3.15. The summed E-state index contributed by atoms with van der Waals surface area (Å²) in [7, 11) is -0.761. The van der Waals surface area contributed by atoms with Crippen molar-refractivity contribution in [3.05, 3.63) is 53.9 Å². The Morgan fingerprint density at radius 1 is 1.03 bits per heavy atom. The van der Waals surface area contributed by atoms with Crippen LogP contribution in [0.3, 0.4) is 0 Å². The summed E-state index contributed by atoms with van der Waals surface area (Å²) in [6, 6.07) is 9.54. The molecule has 0 spiro atoms. The van der Waals surface area contributed by atoms with Gasteiger partial charge < -0.3 is 20.5 Å². The number of methoxy groups -OCH3 is 1. The van der Waals surface area contributed by atoms with E-state index in [1.54, 1.807) is 24.3 Å². The van der Waals surface area contributed by atoms with E-state index in [4.69, 9.17) is 26.2 Å². The van der Waals surface area contributed by atoms with Crippen LogP contribution in [0.2, 0.25) is 5.02 Å². The molecule has 0 amide bonds. The Kier molecular flexibility index (Phi) is 9.16. The Morgan fingerprint density at radius 2 is 1.66 bits per heavy atom. The Labute approximate surface area is 202 Å². The number of rotatable bonds is 7. The zero-order chi connectivity index (χ0) is 26.2. The molecule has 35 heavy (non-hydrogen) atoms. The first-order valence-electron chi connectivity index (χ1n) is 9.25. The molecule has 3 rings (SSSR count). The number of nitrogens with zero attached hydrogens (tertiary/aromatic N) is 3. The second-order valence-electron chi connectivity index (χ2n) is 6.27. The lowest BCUT2D eigenvalue weighted by molar-refractivity contribution is -0.192. The van der Waals surface area contributed by atoms with E-state index in [0.29, 0.717) is 33.9 Å². The van der Waals surface area contributed by atoms with Crippen molar-refractivity contribution >= 4 is 50.7 Å². The van der Waals surface area contributed by atoms with Crippen molar-refractivity contribution in [3.8, 4) is 5.75 Å². The Balaban J connectivity index is 0.000000540. The molecule has 0 aliphatic carbocycles. The minimum atomic E-state index is -5.08. The lowest BCUT2D eigenvalue weighted by Crippen LogP contribution is -2.21. The van der Waals surface area contributed by atoms with Crippen molar-refractivity contribution in [2.24, 2.45) is 0 Å². The highest BCUT2D eigenvalue weighted by Gasteiger charge is 2.38. The molecular formula is C19H18ClF3N6O5S. The molecule has 0 atom stereocenters. The van der Waals surface area contributed by atoms with E-state index in [0.717, 1.165) is 0 Å². The predicted molar refractivity (Wildman–Crippen MR) is 121 cm³/mol. The number of hydrogen-bond acceptors (Lipinski definition) is 9. The molecular weight excluding hydrogens is 517 g/mol. The van der Waals surface area contributed by atoms with E-state index in [1.165, 1.54) is 38.8 Å². The first-order valence-corrected chi connectivity index (χ1v) is 11.1. The van der Waals surface area contributed by atoms with Gasteiger partial charge in [-0.25, -0.2) is 32.9 Å². The van der Waals surface area contributed by atoms with E-state index in [2.05, 4.69) is 30.3 Å². The number of carboxylic acid groups (broad SMARTS) is 1. The number of carbonyl (C=O) groups is 1. The maximum atomic E-state index is 12.1. The molecule has 0 bridgehead atoms. The normalized spacial score (nSPS) is 11.1. The number of sulfonamides is 1. The highest BCUT2D eigenvalue weighted by Crippen LogP contribution is 2.30. The quantitative estimate of drug-likeness (QED) is 0.353. The molecule has 0 fully saturated rings. The molecule has 0 aliphatic rings. The lowest BCUT2D eigenvalue weighted by Gasteiger charge is -2.13. The van der Waals surface area contributed by atoms with Crippen LogP contribution in [0, 0.1) is 0 Å². The Bertz CT molecular complexity index is 1280. The van der Waals surface area contributed by atoms with E-state index in [9.17, 15) is 21.6 Å². The van der Waals surface area contributed by atoms with Gasteiger partial charge in [0.15, 0.2) is 0 Å². The van der Waals surface area contributed by atoms with Crippen LogP contribution in [0.25, 0.3) is 0 Å². The standard InChI is InChI=1S/C17H17ClN6O3S.C2HF3O2/c1-19-28(25,26)12-4-5-14(27-2)13(7-12)23-16-8-17(22-10-21-16)24-15-6-3-11(18)9-20-15;3-2(4,5)1(6)7/h3-10,19H,1-2H3,(H2,20,21,22,23,24);(H,6,7). The molecule has 188 valence electrons. The van der Waals surface area contributed by atoms with E-state index in [1.807, 2.05) is 0 Å². The highest BCUT2D eigenvalue weighted by molar-refractivity contribution is 7.89. The molecule has 16 heteroatoms. The van der Waals surface area contributed by atoms with Gasteiger partial charge in [0.2, 0.25) is 10.0 Å². The van der Waals surface area contributed by atoms with Gasteiger partial charge in [0.05, 0.1) is 22.7 Å². The fraction of sp³-hybridized carbons (Fsp3) is 0.158. The molecule has 0 radical (unpaired) electrons. The van der Waals surface area contributed by atoms with E-state index >= 15 is 0 Å². The summed E-state index contributed by atoms with van der Waals surface area (Å²) in [6.45, 7) is 0. The smallest absolute Gasteiger partial charge is 0.490 e. The predicted octanol–water partition coefficient (Wildman–Crippen LogP) is 3.56. The highest BCUT2D eigenvalue weighted by atomic mass is 35.5. The summed E-state index contributed by atoms with van der Waals surface area (Å²) >= 11 is 5.83. The molecule has 0 saturated carbocycles. The average Bonchev–Trinajstić information content (AvgIpc) is 2.80. The second kappa shape index (κ2) is 11.6. The Morgan fingerprint density at radius 3 is 2.17 bits per heavy atom. The molecule has 0 unspecified atom stereocenters. The van der Waals surface area contributed by atoms with Crippen LogP contribution in [-0.4, -0.2) is 54.8 Å². The minimum absolute atomic E-state index is 0.0936. The molecule has 11 nitrogen and oxygen atoms in total.